The lowest BCUT2D eigenvalue weighted by molar-refractivity contribution is -0.155. The number of amides is 2. The minimum absolute atomic E-state index is 0.0189. The Morgan fingerprint density at radius 3 is 2.25 bits per heavy atom. The van der Waals surface area contributed by atoms with E-state index < -0.39 is 42.7 Å². The second-order valence-corrected chi connectivity index (χ2v) is 6.77. The summed E-state index contributed by atoms with van der Waals surface area (Å²) in [5.41, 5.74) is -0.882. The van der Waals surface area contributed by atoms with Crippen LogP contribution in [0.2, 0.25) is 0 Å². The Labute approximate surface area is 157 Å². The van der Waals surface area contributed by atoms with Crippen molar-refractivity contribution in [2.24, 2.45) is 0 Å². The average molecular weight is 410 g/mol. The van der Waals surface area contributed by atoms with Crippen LogP contribution in [0.4, 0.5) is 32.0 Å². The van der Waals surface area contributed by atoms with E-state index in [1.165, 1.54) is 12.1 Å². The second-order valence-electron chi connectivity index (χ2n) is 6.77. The van der Waals surface area contributed by atoms with Gasteiger partial charge in [-0.3, -0.25) is 14.5 Å². The van der Waals surface area contributed by atoms with E-state index in [-0.39, 0.29) is 18.5 Å². The van der Waals surface area contributed by atoms with Gasteiger partial charge in [0.25, 0.3) is 0 Å². The van der Waals surface area contributed by atoms with E-state index in [2.05, 4.69) is 5.32 Å². The first-order valence-corrected chi connectivity index (χ1v) is 8.72. The molecule has 0 radical (unpaired) electrons. The Bertz CT molecular complexity index is 732. The molecule has 0 unspecified atom stereocenters. The molecule has 10 heteroatoms. The van der Waals surface area contributed by atoms with Crippen LogP contribution < -0.4 is 10.2 Å². The number of para-hydroxylation sites is 1. The van der Waals surface area contributed by atoms with E-state index in [0.717, 1.165) is 4.90 Å². The number of aryl methyl sites for hydroxylation is 1. The standard InChI is InChI=1S/C18H20F6N2O2/c1-2-8-16(25-14(27)10-17(19,20)21)9-7-12-5-3-4-6-13(12)26(16)15(28)11-18(22,23)24/h3-6H,2,7-11H2,1H3,(H,25,27)/t16-/m1/s1. The van der Waals surface area contributed by atoms with Crippen molar-refractivity contribution in [3.8, 4) is 0 Å². The van der Waals surface area contributed by atoms with Gasteiger partial charge in [0, 0.05) is 5.69 Å². The topological polar surface area (TPSA) is 49.4 Å². The van der Waals surface area contributed by atoms with Gasteiger partial charge >= 0.3 is 12.4 Å². The molecule has 1 atom stereocenters. The van der Waals surface area contributed by atoms with Crippen molar-refractivity contribution in [2.75, 3.05) is 4.90 Å². The SMILES string of the molecule is CCC[C@]1(NC(=O)CC(F)(F)F)CCc2ccccc2N1C(=O)CC(F)(F)F. The quantitative estimate of drug-likeness (QED) is 0.728. The third-order valence-electron chi connectivity index (χ3n) is 4.47. The summed E-state index contributed by atoms with van der Waals surface area (Å²) in [6.45, 7) is 1.67. The molecule has 156 valence electrons. The molecule has 0 aliphatic carbocycles. The van der Waals surface area contributed by atoms with Crippen LogP contribution in [0.1, 0.15) is 44.6 Å². The van der Waals surface area contributed by atoms with Gasteiger partial charge < -0.3 is 5.32 Å². The third kappa shape index (κ3) is 5.39. The largest absolute Gasteiger partial charge is 0.397 e. The van der Waals surface area contributed by atoms with E-state index in [0.29, 0.717) is 18.4 Å². The van der Waals surface area contributed by atoms with Crippen molar-refractivity contribution < 1.29 is 35.9 Å². The molecule has 0 saturated carbocycles. The van der Waals surface area contributed by atoms with Gasteiger partial charge in [0.1, 0.15) is 18.5 Å². The molecular formula is C18H20F6N2O2. The Morgan fingerprint density at radius 2 is 1.68 bits per heavy atom. The average Bonchev–Trinajstić information content (AvgIpc) is 2.51. The highest BCUT2D eigenvalue weighted by atomic mass is 19.4. The summed E-state index contributed by atoms with van der Waals surface area (Å²) in [4.78, 5) is 25.4. The maximum atomic E-state index is 12.9. The minimum Gasteiger partial charge on any atom is -0.333 e. The summed E-state index contributed by atoms with van der Waals surface area (Å²) in [7, 11) is 0. The maximum Gasteiger partial charge on any atom is 0.397 e. The molecule has 0 saturated heterocycles. The molecule has 1 heterocycles. The smallest absolute Gasteiger partial charge is 0.333 e. The molecule has 0 aromatic heterocycles. The van der Waals surface area contributed by atoms with E-state index in [1.54, 1.807) is 19.1 Å². The Hall–Kier alpha value is -2.26. The molecule has 2 amide bonds. The number of benzene rings is 1. The molecule has 0 spiro atoms. The van der Waals surface area contributed by atoms with Crippen LogP contribution >= 0.6 is 0 Å². The van der Waals surface area contributed by atoms with Gasteiger partial charge in [-0.1, -0.05) is 31.5 Å². The molecule has 1 N–H and O–H groups in total. The van der Waals surface area contributed by atoms with Gasteiger partial charge in [-0.05, 0) is 30.9 Å². The van der Waals surface area contributed by atoms with Crippen molar-refractivity contribution in [2.45, 2.75) is 63.5 Å². The van der Waals surface area contributed by atoms with Gasteiger partial charge in [0.15, 0.2) is 0 Å². The lowest BCUT2D eigenvalue weighted by Gasteiger charge is -2.48. The molecule has 1 aromatic rings. The molecule has 1 aliphatic rings. The fraction of sp³-hybridized carbons (Fsp3) is 0.556. The van der Waals surface area contributed by atoms with Gasteiger partial charge in [0.05, 0.1) is 0 Å². The number of rotatable bonds is 5. The third-order valence-corrected chi connectivity index (χ3v) is 4.47. The van der Waals surface area contributed by atoms with E-state index in [4.69, 9.17) is 0 Å². The van der Waals surface area contributed by atoms with E-state index >= 15 is 0 Å². The number of alkyl halides is 6. The highest BCUT2D eigenvalue weighted by Crippen LogP contribution is 2.40. The van der Waals surface area contributed by atoms with E-state index in [1.807, 2.05) is 0 Å². The zero-order valence-corrected chi connectivity index (χ0v) is 15.1. The molecular weight excluding hydrogens is 390 g/mol. The first-order chi connectivity index (χ1) is 12.9. The summed E-state index contributed by atoms with van der Waals surface area (Å²) in [5.74, 6) is -2.70. The zero-order valence-electron chi connectivity index (χ0n) is 15.1. The summed E-state index contributed by atoms with van der Waals surface area (Å²) in [5, 5.41) is 2.23. The normalized spacial score (nSPS) is 19.9. The van der Waals surface area contributed by atoms with Crippen molar-refractivity contribution in [3.05, 3.63) is 29.8 Å². The van der Waals surface area contributed by atoms with Crippen molar-refractivity contribution >= 4 is 17.5 Å². The van der Waals surface area contributed by atoms with Gasteiger partial charge in [-0.25, -0.2) is 0 Å². The van der Waals surface area contributed by atoms with Crippen LogP contribution in [0.25, 0.3) is 0 Å². The maximum absolute atomic E-state index is 12.9. The Balaban J connectivity index is 2.48. The van der Waals surface area contributed by atoms with E-state index in [9.17, 15) is 35.9 Å². The number of hydrogen-bond acceptors (Lipinski definition) is 2. The van der Waals surface area contributed by atoms with Gasteiger partial charge in [0.2, 0.25) is 11.8 Å². The summed E-state index contributed by atoms with van der Waals surface area (Å²) < 4.78 is 76.4. The van der Waals surface area contributed by atoms with Crippen LogP contribution in [0, 0.1) is 0 Å². The molecule has 1 aliphatic heterocycles. The first-order valence-electron chi connectivity index (χ1n) is 8.72. The minimum atomic E-state index is -4.79. The fourth-order valence-corrected chi connectivity index (χ4v) is 3.56. The molecule has 2 rings (SSSR count). The number of fused-ring (bicyclic) bond motifs is 1. The summed E-state index contributed by atoms with van der Waals surface area (Å²) >= 11 is 0. The van der Waals surface area contributed by atoms with Crippen molar-refractivity contribution in [1.82, 2.24) is 5.32 Å². The van der Waals surface area contributed by atoms with Crippen LogP contribution in [-0.2, 0) is 16.0 Å². The summed E-state index contributed by atoms with van der Waals surface area (Å²) in [6, 6.07) is 6.24. The predicted octanol–water partition coefficient (Wildman–Crippen LogP) is 4.48. The Kier molecular flexibility index (Phi) is 6.30. The lowest BCUT2D eigenvalue weighted by atomic mass is 9.86. The number of hydrogen-bond donors (Lipinski definition) is 1. The number of carbonyl (C=O) groups excluding carboxylic acids is 2. The number of nitrogens with one attached hydrogen (secondary N) is 1. The zero-order chi connectivity index (χ0) is 21.2. The fourth-order valence-electron chi connectivity index (χ4n) is 3.56. The van der Waals surface area contributed by atoms with Crippen molar-refractivity contribution in [3.63, 3.8) is 0 Å². The lowest BCUT2D eigenvalue weighted by Crippen LogP contribution is -2.65. The van der Waals surface area contributed by atoms with Crippen LogP contribution in [0.5, 0.6) is 0 Å². The number of anilines is 1. The second kappa shape index (κ2) is 8.00. The van der Waals surface area contributed by atoms with Gasteiger partial charge in [-0.15, -0.1) is 0 Å². The van der Waals surface area contributed by atoms with Crippen molar-refractivity contribution in [1.29, 1.82) is 0 Å². The predicted molar refractivity (Wildman–Crippen MR) is 89.4 cm³/mol. The highest BCUT2D eigenvalue weighted by molar-refractivity contribution is 5.97. The highest BCUT2D eigenvalue weighted by Gasteiger charge is 2.48. The van der Waals surface area contributed by atoms with Crippen LogP contribution in [0.3, 0.4) is 0 Å². The van der Waals surface area contributed by atoms with Gasteiger partial charge in [-0.2, -0.15) is 26.3 Å². The molecule has 28 heavy (non-hydrogen) atoms. The number of halogens is 6. The Morgan fingerprint density at radius 1 is 1.07 bits per heavy atom. The van der Waals surface area contributed by atoms with Crippen LogP contribution in [0.15, 0.2) is 24.3 Å². The summed E-state index contributed by atoms with van der Waals surface area (Å²) in [6.07, 6.45) is -12.4. The first kappa shape index (κ1) is 22.0. The number of carbonyl (C=O) groups is 2. The molecule has 0 bridgehead atoms. The molecule has 1 aromatic carbocycles. The van der Waals surface area contributed by atoms with Crippen LogP contribution in [-0.4, -0.2) is 29.8 Å². The monoisotopic (exact) mass is 410 g/mol. The molecule has 4 nitrogen and oxygen atoms in total. The number of nitrogens with zero attached hydrogens (tertiary/aromatic N) is 1. The molecule has 0 fully saturated rings.